The molecule has 0 aliphatic heterocycles. The lowest BCUT2D eigenvalue weighted by Crippen LogP contribution is -2.11. The van der Waals surface area contributed by atoms with E-state index in [4.69, 9.17) is 11.6 Å². The number of amides is 1. The summed E-state index contributed by atoms with van der Waals surface area (Å²) in [5, 5.41) is 4.14. The van der Waals surface area contributed by atoms with Crippen LogP contribution >= 0.6 is 22.9 Å². The summed E-state index contributed by atoms with van der Waals surface area (Å²) in [6.45, 7) is 0. The summed E-state index contributed by atoms with van der Waals surface area (Å²) in [5.74, 6) is -0.149. The Hall–Kier alpha value is -2.17. The van der Waals surface area contributed by atoms with Crippen molar-refractivity contribution in [3.63, 3.8) is 0 Å². The van der Waals surface area contributed by atoms with Gasteiger partial charge in [0.05, 0.1) is 0 Å². The van der Waals surface area contributed by atoms with Gasteiger partial charge in [0.25, 0.3) is 5.91 Å². The molecule has 1 aromatic heterocycles. The van der Waals surface area contributed by atoms with E-state index in [-0.39, 0.29) is 5.91 Å². The summed E-state index contributed by atoms with van der Waals surface area (Å²) in [5.41, 5.74) is 1.74. The quantitative estimate of drug-likeness (QED) is 0.758. The van der Waals surface area contributed by atoms with E-state index in [2.05, 4.69) is 10.3 Å². The third-order valence-corrected chi connectivity index (χ3v) is 4.23. The second-order valence-corrected chi connectivity index (χ2v) is 6.31. The molecule has 0 spiro atoms. The fourth-order valence-electron chi connectivity index (χ4n) is 2.05. The fraction of sp³-hybridized carbons (Fsp3) is 0.0588. The maximum absolute atomic E-state index is 12.1. The van der Waals surface area contributed by atoms with E-state index in [0.29, 0.717) is 10.7 Å². The minimum Gasteiger partial charge on any atom is -0.298 e. The Bertz CT molecular complexity index is 786. The summed E-state index contributed by atoms with van der Waals surface area (Å²) in [6, 6.07) is 16.8. The molecular weight excluding hydrogens is 316 g/mol. The SMILES string of the molecule is O=C(Nc1ncc(Cc2cccc(Cl)c2)s1)c1ccccc1. The second kappa shape index (κ2) is 6.73. The van der Waals surface area contributed by atoms with Crippen LogP contribution in [0.15, 0.2) is 60.8 Å². The summed E-state index contributed by atoms with van der Waals surface area (Å²) in [7, 11) is 0. The Morgan fingerprint density at radius 3 is 2.73 bits per heavy atom. The van der Waals surface area contributed by atoms with Crippen molar-refractivity contribution >= 4 is 34.0 Å². The number of nitrogens with zero attached hydrogens (tertiary/aromatic N) is 1. The number of nitrogens with one attached hydrogen (secondary N) is 1. The van der Waals surface area contributed by atoms with Gasteiger partial charge in [-0.3, -0.25) is 10.1 Å². The fourth-order valence-corrected chi connectivity index (χ4v) is 3.11. The molecule has 0 atom stereocenters. The summed E-state index contributed by atoms with van der Waals surface area (Å²) < 4.78 is 0. The molecule has 0 fully saturated rings. The summed E-state index contributed by atoms with van der Waals surface area (Å²) in [4.78, 5) is 17.4. The van der Waals surface area contributed by atoms with Crippen LogP contribution in [0.5, 0.6) is 0 Å². The predicted molar refractivity (Wildman–Crippen MR) is 90.8 cm³/mol. The molecule has 22 heavy (non-hydrogen) atoms. The van der Waals surface area contributed by atoms with Crippen molar-refractivity contribution in [3.8, 4) is 0 Å². The molecule has 3 aromatic rings. The molecule has 1 N–H and O–H groups in total. The predicted octanol–water partition coefficient (Wildman–Crippen LogP) is 4.64. The zero-order valence-corrected chi connectivity index (χ0v) is 13.2. The number of carbonyl (C=O) groups excluding carboxylic acids is 1. The van der Waals surface area contributed by atoms with Gasteiger partial charge < -0.3 is 0 Å². The lowest BCUT2D eigenvalue weighted by Gasteiger charge is -2.01. The highest BCUT2D eigenvalue weighted by molar-refractivity contribution is 7.15. The van der Waals surface area contributed by atoms with Crippen LogP contribution in [0.2, 0.25) is 5.02 Å². The van der Waals surface area contributed by atoms with Crippen molar-refractivity contribution < 1.29 is 4.79 Å². The zero-order chi connectivity index (χ0) is 15.4. The molecule has 5 heteroatoms. The van der Waals surface area contributed by atoms with Crippen LogP contribution in [0.4, 0.5) is 5.13 Å². The van der Waals surface area contributed by atoms with E-state index < -0.39 is 0 Å². The van der Waals surface area contributed by atoms with Crippen LogP contribution in [-0.2, 0) is 6.42 Å². The Kier molecular flexibility index (Phi) is 4.51. The number of anilines is 1. The van der Waals surface area contributed by atoms with Gasteiger partial charge in [-0.15, -0.1) is 11.3 Å². The van der Waals surface area contributed by atoms with Crippen molar-refractivity contribution in [1.82, 2.24) is 4.98 Å². The molecule has 3 rings (SSSR count). The first-order valence-corrected chi connectivity index (χ1v) is 7.96. The number of benzene rings is 2. The molecule has 0 unspecified atom stereocenters. The second-order valence-electron chi connectivity index (χ2n) is 4.76. The smallest absolute Gasteiger partial charge is 0.257 e. The topological polar surface area (TPSA) is 42.0 Å². The molecule has 0 aliphatic rings. The number of carbonyl (C=O) groups is 1. The zero-order valence-electron chi connectivity index (χ0n) is 11.6. The third-order valence-electron chi connectivity index (χ3n) is 3.08. The molecule has 0 radical (unpaired) electrons. The molecule has 110 valence electrons. The molecule has 1 heterocycles. The average molecular weight is 329 g/mol. The Morgan fingerprint density at radius 2 is 1.95 bits per heavy atom. The minimum atomic E-state index is -0.149. The first-order chi connectivity index (χ1) is 10.7. The molecule has 0 saturated carbocycles. The average Bonchev–Trinajstić information content (AvgIpc) is 2.95. The van der Waals surface area contributed by atoms with E-state index in [1.54, 1.807) is 18.3 Å². The molecule has 2 aromatic carbocycles. The molecule has 1 amide bonds. The maximum Gasteiger partial charge on any atom is 0.257 e. The standard InChI is InChI=1S/C17H13ClN2OS/c18-14-8-4-5-12(9-14)10-15-11-19-17(22-15)20-16(21)13-6-2-1-3-7-13/h1-9,11H,10H2,(H,19,20,21). The number of rotatable bonds is 4. The van der Waals surface area contributed by atoms with Crippen molar-refractivity contribution in [1.29, 1.82) is 0 Å². The molecule has 0 aliphatic carbocycles. The van der Waals surface area contributed by atoms with Crippen LogP contribution in [0.1, 0.15) is 20.8 Å². The van der Waals surface area contributed by atoms with Crippen molar-refractivity contribution in [2.75, 3.05) is 5.32 Å². The van der Waals surface area contributed by atoms with E-state index >= 15 is 0 Å². The van der Waals surface area contributed by atoms with E-state index in [1.165, 1.54) is 11.3 Å². The highest BCUT2D eigenvalue weighted by Gasteiger charge is 2.09. The lowest BCUT2D eigenvalue weighted by molar-refractivity contribution is 0.102. The first kappa shape index (κ1) is 14.8. The van der Waals surface area contributed by atoms with Gasteiger partial charge in [-0.2, -0.15) is 0 Å². The number of hydrogen-bond donors (Lipinski definition) is 1. The number of halogens is 1. The van der Waals surface area contributed by atoms with Crippen LogP contribution < -0.4 is 5.32 Å². The largest absolute Gasteiger partial charge is 0.298 e. The monoisotopic (exact) mass is 328 g/mol. The third kappa shape index (κ3) is 3.72. The van der Waals surface area contributed by atoms with Gasteiger partial charge in [0.2, 0.25) is 0 Å². The van der Waals surface area contributed by atoms with Crippen LogP contribution in [0, 0.1) is 0 Å². The van der Waals surface area contributed by atoms with E-state index in [1.807, 2.05) is 42.5 Å². The van der Waals surface area contributed by atoms with Crippen molar-refractivity contribution in [2.24, 2.45) is 0 Å². The lowest BCUT2D eigenvalue weighted by atomic mass is 10.1. The van der Waals surface area contributed by atoms with Gasteiger partial charge in [0, 0.05) is 28.1 Å². The van der Waals surface area contributed by atoms with Crippen LogP contribution in [0.25, 0.3) is 0 Å². The van der Waals surface area contributed by atoms with E-state index in [0.717, 1.165) is 21.9 Å². The molecule has 0 bridgehead atoms. The number of hydrogen-bond acceptors (Lipinski definition) is 3. The van der Waals surface area contributed by atoms with Gasteiger partial charge in [0.15, 0.2) is 5.13 Å². The van der Waals surface area contributed by atoms with Crippen molar-refractivity contribution in [2.45, 2.75) is 6.42 Å². The van der Waals surface area contributed by atoms with E-state index in [9.17, 15) is 4.79 Å². The molecular formula is C17H13ClN2OS. The Labute approximate surface area is 137 Å². The number of aromatic nitrogens is 1. The van der Waals surface area contributed by atoms with Gasteiger partial charge >= 0.3 is 0 Å². The Balaban J connectivity index is 1.68. The number of thiazole rings is 1. The maximum atomic E-state index is 12.1. The van der Waals surface area contributed by atoms with Gasteiger partial charge in [-0.25, -0.2) is 4.98 Å². The summed E-state index contributed by atoms with van der Waals surface area (Å²) in [6.07, 6.45) is 2.53. The summed E-state index contributed by atoms with van der Waals surface area (Å²) >= 11 is 7.45. The Morgan fingerprint density at radius 1 is 1.14 bits per heavy atom. The molecule has 0 saturated heterocycles. The molecule has 3 nitrogen and oxygen atoms in total. The van der Waals surface area contributed by atoms with Gasteiger partial charge in [-0.05, 0) is 29.8 Å². The highest BCUT2D eigenvalue weighted by Crippen LogP contribution is 2.22. The first-order valence-electron chi connectivity index (χ1n) is 6.76. The van der Waals surface area contributed by atoms with Crippen molar-refractivity contribution in [3.05, 3.63) is 81.8 Å². The van der Waals surface area contributed by atoms with Crippen LogP contribution in [0.3, 0.4) is 0 Å². The van der Waals surface area contributed by atoms with Crippen LogP contribution in [-0.4, -0.2) is 10.9 Å². The highest BCUT2D eigenvalue weighted by atomic mass is 35.5. The van der Waals surface area contributed by atoms with Gasteiger partial charge in [0.1, 0.15) is 0 Å². The van der Waals surface area contributed by atoms with Gasteiger partial charge in [-0.1, -0.05) is 41.9 Å². The minimum absolute atomic E-state index is 0.149. The normalized spacial score (nSPS) is 10.4.